The second-order valence-corrected chi connectivity index (χ2v) is 7.90. The largest absolute Gasteiger partial charge is 0.328 e. The highest BCUT2D eigenvalue weighted by Gasteiger charge is 2.32. The highest BCUT2D eigenvalue weighted by molar-refractivity contribution is 7.86. The summed E-state index contributed by atoms with van der Waals surface area (Å²) in [4.78, 5) is 0. The Morgan fingerprint density at radius 2 is 2.05 bits per heavy atom. The van der Waals surface area contributed by atoms with Crippen LogP contribution in [0, 0.1) is 5.92 Å². The van der Waals surface area contributed by atoms with Crippen molar-refractivity contribution in [2.45, 2.75) is 32.4 Å². The van der Waals surface area contributed by atoms with Gasteiger partial charge in [0.15, 0.2) is 0 Å². The quantitative estimate of drug-likeness (QED) is 0.894. The predicted molar refractivity (Wildman–Crippen MR) is 84.8 cm³/mol. The van der Waals surface area contributed by atoms with Crippen LogP contribution in [0.5, 0.6) is 0 Å². The Kier molecular flexibility index (Phi) is 5.37. The molecule has 1 aromatic carbocycles. The SMILES string of the molecule is CC(N)C1CCCN(S(=O)(=O)N(C)Cc2ccccc2)C1. The van der Waals surface area contributed by atoms with Crippen molar-refractivity contribution in [2.24, 2.45) is 11.7 Å². The van der Waals surface area contributed by atoms with Crippen molar-refractivity contribution >= 4 is 10.2 Å². The Morgan fingerprint density at radius 3 is 2.67 bits per heavy atom. The lowest BCUT2D eigenvalue weighted by Crippen LogP contribution is -2.49. The predicted octanol–water partition coefficient (Wildman–Crippen LogP) is 1.42. The Hall–Kier alpha value is -0.950. The summed E-state index contributed by atoms with van der Waals surface area (Å²) in [6.07, 6.45) is 1.89. The Balaban J connectivity index is 2.06. The van der Waals surface area contributed by atoms with E-state index in [-0.39, 0.29) is 12.0 Å². The monoisotopic (exact) mass is 311 g/mol. The van der Waals surface area contributed by atoms with Crippen LogP contribution in [0.15, 0.2) is 30.3 Å². The average molecular weight is 311 g/mol. The van der Waals surface area contributed by atoms with E-state index < -0.39 is 10.2 Å². The van der Waals surface area contributed by atoms with Gasteiger partial charge in [-0.05, 0) is 31.2 Å². The molecular formula is C15H25N3O2S. The molecule has 0 spiro atoms. The van der Waals surface area contributed by atoms with Crippen LogP contribution in [0.1, 0.15) is 25.3 Å². The molecular weight excluding hydrogens is 286 g/mol. The van der Waals surface area contributed by atoms with Crippen molar-refractivity contribution < 1.29 is 8.42 Å². The maximum atomic E-state index is 12.7. The molecule has 6 heteroatoms. The van der Waals surface area contributed by atoms with E-state index in [0.717, 1.165) is 18.4 Å². The standard InChI is InChI=1S/C15H25N3O2S/c1-13(16)15-9-6-10-18(12-15)21(19,20)17(2)11-14-7-4-3-5-8-14/h3-5,7-8,13,15H,6,9-12,16H2,1-2H3. The lowest BCUT2D eigenvalue weighted by molar-refractivity contribution is 0.231. The molecule has 21 heavy (non-hydrogen) atoms. The van der Waals surface area contributed by atoms with Crippen LogP contribution in [0.3, 0.4) is 0 Å². The minimum Gasteiger partial charge on any atom is -0.328 e. The molecule has 0 bridgehead atoms. The first-order valence-corrected chi connectivity index (χ1v) is 8.82. The van der Waals surface area contributed by atoms with Crippen LogP contribution in [-0.4, -0.2) is 43.2 Å². The molecule has 0 aliphatic carbocycles. The summed E-state index contributed by atoms with van der Waals surface area (Å²) in [5.41, 5.74) is 6.93. The zero-order chi connectivity index (χ0) is 15.5. The van der Waals surface area contributed by atoms with Crippen LogP contribution in [-0.2, 0) is 16.8 Å². The van der Waals surface area contributed by atoms with E-state index in [1.807, 2.05) is 37.3 Å². The third kappa shape index (κ3) is 4.03. The first-order chi connectivity index (χ1) is 9.91. The van der Waals surface area contributed by atoms with Gasteiger partial charge in [0.05, 0.1) is 0 Å². The van der Waals surface area contributed by atoms with Gasteiger partial charge in [0, 0.05) is 32.7 Å². The molecule has 2 unspecified atom stereocenters. The van der Waals surface area contributed by atoms with Crippen LogP contribution in [0.25, 0.3) is 0 Å². The van der Waals surface area contributed by atoms with E-state index in [0.29, 0.717) is 19.6 Å². The number of nitrogens with two attached hydrogens (primary N) is 1. The van der Waals surface area contributed by atoms with E-state index in [2.05, 4.69) is 0 Å². The number of hydrogen-bond donors (Lipinski definition) is 1. The van der Waals surface area contributed by atoms with E-state index in [1.54, 1.807) is 11.4 Å². The van der Waals surface area contributed by atoms with Crippen molar-refractivity contribution in [1.82, 2.24) is 8.61 Å². The molecule has 2 atom stereocenters. The van der Waals surface area contributed by atoms with E-state index >= 15 is 0 Å². The molecule has 1 aromatic rings. The van der Waals surface area contributed by atoms with Crippen LogP contribution in [0.2, 0.25) is 0 Å². The molecule has 2 rings (SSSR count). The maximum Gasteiger partial charge on any atom is 0.282 e. The normalized spacial score (nSPS) is 22.4. The number of rotatable bonds is 5. The number of piperidine rings is 1. The van der Waals surface area contributed by atoms with Crippen molar-refractivity contribution in [3.05, 3.63) is 35.9 Å². The first kappa shape index (κ1) is 16.4. The fourth-order valence-corrected chi connectivity index (χ4v) is 4.18. The molecule has 0 radical (unpaired) electrons. The second-order valence-electron chi connectivity index (χ2n) is 5.87. The number of nitrogens with zero attached hydrogens (tertiary/aromatic N) is 2. The van der Waals surface area contributed by atoms with E-state index in [9.17, 15) is 8.42 Å². The molecule has 1 fully saturated rings. The smallest absolute Gasteiger partial charge is 0.282 e. The highest BCUT2D eigenvalue weighted by atomic mass is 32.2. The van der Waals surface area contributed by atoms with Crippen molar-refractivity contribution in [1.29, 1.82) is 0 Å². The molecule has 0 saturated carbocycles. The molecule has 1 saturated heterocycles. The first-order valence-electron chi connectivity index (χ1n) is 7.42. The summed E-state index contributed by atoms with van der Waals surface area (Å²) in [5, 5.41) is 0. The fourth-order valence-electron chi connectivity index (χ4n) is 2.73. The maximum absolute atomic E-state index is 12.7. The summed E-state index contributed by atoms with van der Waals surface area (Å²) in [5.74, 6) is 0.249. The Morgan fingerprint density at radius 1 is 1.38 bits per heavy atom. The number of benzene rings is 1. The van der Waals surface area contributed by atoms with Gasteiger partial charge in [-0.1, -0.05) is 30.3 Å². The van der Waals surface area contributed by atoms with Crippen LogP contribution in [0.4, 0.5) is 0 Å². The minimum atomic E-state index is -3.42. The second kappa shape index (κ2) is 6.87. The summed E-state index contributed by atoms with van der Waals surface area (Å²) in [6, 6.07) is 9.67. The highest BCUT2D eigenvalue weighted by Crippen LogP contribution is 2.23. The van der Waals surface area contributed by atoms with Gasteiger partial charge >= 0.3 is 0 Å². The van der Waals surface area contributed by atoms with Crippen molar-refractivity contribution in [2.75, 3.05) is 20.1 Å². The minimum absolute atomic E-state index is 0.0300. The van der Waals surface area contributed by atoms with Crippen molar-refractivity contribution in [3.8, 4) is 0 Å². The van der Waals surface area contributed by atoms with E-state index in [1.165, 1.54) is 4.31 Å². The average Bonchev–Trinajstić information content (AvgIpc) is 2.48. The lowest BCUT2D eigenvalue weighted by atomic mass is 9.93. The molecule has 0 aromatic heterocycles. The molecule has 0 amide bonds. The van der Waals surface area contributed by atoms with E-state index in [4.69, 9.17) is 5.73 Å². The van der Waals surface area contributed by atoms with Crippen LogP contribution < -0.4 is 5.73 Å². The van der Waals surface area contributed by atoms with Gasteiger partial charge in [0.2, 0.25) is 0 Å². The van der Waals surface area contributed by atoms with Gasteiger partial charge in [0.25, 0.3) is 10.2 Å². The van der Waals surface area contributed by atoms with Crippen LogP contribution >= 0.6 is 0 Å². The summed E-state index contributed by atoms with van der Waals surface area (Å²) in [6.45, 7) is 3.46. The third-order valence-electron chi connectivity index (χ3n) is 4.13. The zero-order valence-corrected chi connectivity index (χ0v) is 13.6. The van der Waals surface area contributed by atoms with Crippen molar-refractivity contribution in [3.63, 3.8) is 0 Å². The summed E-state index contributed by atoms with van der Waals surface area (Å²) in [7, 11) is -1.78. The van der Waals surface area contributed by atoms with Gasteiger partial charge in [-0.2, -0.15) is 17.0 Å². The molecule has 2 N–H and O–H groups in total. The fraction of sp³-hybridized carbons (Fsp3) is 0.600. The zero-order valence-electron chi connectivity index (χ0n) is 12.8. The Bertz CT molecular complexity index is 545. The molecule has 118 valence electrons. The topological polar surface area (TPSA) is 66.6 Å². The Labute approximate surface area is 127 Å². The molecule has 1 aliphatic heterocycles. The summed E-state index contributed by atoms with van der Waals surface area (Å²) >= 11 is 0. The molecule has 1 aliphatic rings. The van der Waals surface area contributed by atoms with Gasteiger partial charge in [-0.25, -0.2) is 0 Å². The number of hydrogen-bond acceptors (Lipinski definition) is 3. The lowest BCUT2D eigenvalue weighted by Gasteiger charge is -2.35. The summed E-state index contributed by atoms with van der Waals surface area (Å²) < 4.78 is 28.3. The van der Waals surface area contributed by atoms with Gasteiger partial charge in [-0.3, -0.25) is 0 Å². The van der Waals surface area contributed by atoms with Gasteiger partial charge in [0.1, 0.15) is 0 Å². The van der Waals surface area contributed by atoms with Gasteiger partial charge < -0.3 is 5.73 Å². The van der Waals surface area contributed by atoms with Gasteiger partial charge in [-0.15, -0.1) is 0 Å². The third-order valence-corrected chi connectivity index (χ3v) is 6.03. The molecule has 5 nitrogen and oxygen atoms in total. The molecule has 1 heterocycles.